The number of phenols is 1. The van der Waals surface area contributed by atoms with Crippen LogP contribution in [0.1, 0.15) is 16.7 Å². The number of hydrogen-bond donors (Lipinski definition) is 3. The minimum absolute atomic E-state index is 0.0317. The van der Waals surface area contributed by atoms with Crippen LogP contribution in [-0.2, 0) is 16.0 Å². The van der Waals surface area contributed by atoms with Gasteiger partial charge in [0.1, 0.15) is 17.1 Å². The molecule has 0 unspecified atom stereocenters. The predicted octanol–water partition coefficient (Wildman–Crippen LogP) is 2.11. The molecule has 0 bridgehead atoms. The molecule has 9 nitrogen and oxygen atoms in total. The van der Waals surface area contributed by atoms with Gasteiger partial charge in [0, 0.05) is 40.5 Å². The topological polar surface area (TPSA) is 145 Å². The Morgan fingerprint density at radius 3 is 2.71 bits per heavy atom. The standard InChI is InChI=1S/C24H21ClN2O7/c1-11-12(2)24(32)34-20-8-21(17(25)7-15(11)20)33-10-22(29)27-19(23(30)31)5-13-9-26-18-4-3-14(28)6-16(13)18/h3-4,6-9,19,26,28H,5,10H2,1-2H3,(H,27,29)(H,30,31)/p-1/t19-/m0/s1. The highest BCUT2D eigenvalue weighted by Gasteiger charge is 2.18. The lowest BCUT2D eigenvalue weighted by molar-refractivity contribution is -0.308. The van der Waals surface area contributed by atoms with Gasteiger partial charge in [0.25, 0.3) is 5.91 Å². The fourth-order valence-electron chi connectivity index (χ4n) is 3.68. The highest BCUT2D eigenvalue weighted by Crippen LogP contribution is 2.31. The molecule has 3 N–H and O–H groups in total. The number of fused-ring (bicyclic) bond motifs is 2. The molecule has 176 valence electrons. The van der Waals surface area contributed by atoms with Crippen molar-refractivity contribution in [1.82, 2.24) is 10.3 Å². The second-order valence-electron chi connectivity index (χ2n) is 7.89. The number of hydrogen-bond acceptors (Lipinski definition) is 7. The van der Waals surface area contributed by atoms with Crippen LogP contribution in [0, 0.1) is 13.8 Å². The maximum Gasteiger partial charge on any atom is 0.339 e. The molecule has 0 aliphatic rings. The Morgan fingerprint density at radius 2 is 1.97 bits per heavy atom. The predicted molar refractivity (Wildman–Crippen MR) is 123 cm³/mol. The first-order valence-electron chi connectivity index (χ1n) is 10.3. The number of nitrogens with one attached hydrogen (secondary N) is 2. The monoisotopic (exact) mass is 483 g/mol. The summed E-state index contributed by atoms with van der Waals surface area (Å²) in [6.07, 6.45) is 1.53. The van der Waals surface area contributed by atoms with Gasteiger partial charge in [0.05, 0.1) is 17.0 Å². The Balaban J connectivity index is 1.47. The molecule has 0 aliphatic heterocycles. The normalized spacial score (nSPS) is 12.1. The molecule has 0 saturated carbocycles. The van der Waals surface area contributed by atoms with Crippen molar-refractivity contribution >= 4 is 45.3 Å². The molecule has 34 heavy (non-hydrogen) atoms. The van der Waals surface area contributed by atoms with Gasteiger partial charge >= 0.3 is 5.63 Å². The van der Waals surface area contributed by atoms with Crippen molar-refractivity contribution < 1.29 is 29.0 Å². The number of phenolic OH excluding ortho intramolecular Hbond substituents is 1. The van der Waals surface area contributed by atoms with E-state index in [1.165, 1.54) is 18.2 Å². The smallest absolute Gasteiger partial charge is 0.339 e. The Hall–Kier alpha value is -3.98. The summed E-state index contributed by atoms with van der Waals surface area (Å²) in [5, 5.41) is 25.2. The summed E-state index contributed by atoms with van der Waals surface area (Å²) in [5.41, 5.74) is 2.25. The van der Waals surface area contributed by atoms with Crippen LogP contribution in [0.3, 0.4) is 0 Å². The molecule has 2 heterocycles. The van der Waals surface area contributed by atoms with E-state index in [4.69, 9.17) is 20.8 Å². The lowest BCUT2D eigenvalue weighted by Gasteiger charge is -2.20. The van der Waals surface area contributed by atoms with Gasteiger partial charge in [0.15, 0.2) is 6.61 Å². The average Bonchev–Trinajstić information content (AvgIpc) is 3.18. The van der Waals surface area contributed by atoms with Gasteiger partial charge in [-0.3, -0.25) is 4.79 Å². The number of halogens is 1. The second-order valence-corrected chi connectivity index (χ2v) is 8.30. The summed E-state index contributed by atoms with van der Waals surface area (Å²) in [6.45, 7) is 2.89. The van der Waals surface area contributed by atoms with Crippen molar-refractivity contribution in [3.63, 3.8) is 0 Å². The van der Waals surface area contributed by atoms with Gasteiger partial charge in [-0.25, -0.2) is 4.79 Å². The number of carbonyl (C=O) groups excluding carboxylic acids is 2. The molecule has 4 rings (SSSR count). The number of ether oxygens (including phenoxy) is 1. The lowest BCUT2D eigenvalue weighted by atomic mass is 10.0. The first-order valence-corrected chi connectivity index (χ1v) is 10.7. The number of amides is 1. The number of aliphatic carboxylic acids is 1. The maximum atomic E-state index is 12.4. The summed E-state index contributed by atoms with van der Waals surface area (Å²) in [6, 6.07) is 6.31. The van der Waals surface area contributed by atoms with Crippen molar-refractivity contribution in [2.45, 2.75) is 26.3 Å². The number of benzene rings is 2. The zero-order valence-corrected chi connectivity index (χ0v) is 19.0. The number of aromatic hydroxyl groups is 1. The Labute approximate surface area is 197 Å². The van der Waals surface area contributed by atoms with Crippen molar-refractivity contribution in [2.75, 3.05) is 6.61 Å². The molecular formula is C24H20ClN2O7-. The minimum Gasteiger partial charge on any atom is -0.548 e. The van der Waals surface area contributed by atoms with Gasteiger partial charge in [-0.15, -0.1) is 0 Å². The van der Waals surface area contributed by atoms with E-state index in [0.29, 0.717) is 27.4 Å². The Kier molecular flexibility index (Phi) is 6.21. The molecule has 0 spiro atoms. The van der Waals surface area contributed by atoms with E-state index in [1.807, 2.05) is 0 Å². The molecular weight excluding hydrogens is 464 g/mol. The largest absolute Gasteiger partial charge is 0.548 e. The van der Waals surface area contributed by atoms with Gasteiger partial charge in [-0.1, -0.05) is 11.6 Å². The first kappa shape index (κ1) is 23.2. The molecule has 0 radical (unpaired) electrons. The molecule has 1 atom stereocenters. The highest BCUT2D eigenvalue weighted by atomic mass is 35.5. The zero-order chi connectivity index (χ0) is 24.6. The van der Waals surface area contributed by atoms with Crippen LogP contribution in [0.4, 0.5) is 0 Å². The number of aromatic nitrogens is 1. The molecule has 2 aromatic carbocycles. The van der Waals surface area contributed by atoms with Crippen molar-refractivity contribution in [1.29, 1.82) is 0 Å². The van der Waals surface area contributed by atoms with Crippen LogP contribution in [-0.4, -0.2) is 34.6 Å². The SMILES string of the molecule is Cc1c(C)c2cc(Cl)c(OCC(=O)N[C@@H](Cc3c[nH]c4ccc(O)cc34)C(=O)[O-])cc2oc1=O. The quantitative estimate of drug-likeness (QED) is 0.341. The number of carboxylic acid groups (broad SMARTS) is 1. The number of aryl methyl sites for hydroxylation is 1. The maximum absolute atomic E-state index is 12.4. The summed E-state index contributed by atoms with van der Waals surface area (Å²) in [4.78, 5) is 39.0. The lowest BCUT2D eigenvalue weighted by Crippen LogP contribution is -2.50. The molecule has 2 aromatic heterocycles. The molecule has 0 saturated heterocycles. The van der Waals surface area contributed by atoms with Gasteiger partial charge in [0.2, 0.25) is 0 Å². The van der Waals surface area contributed by atoms with Crippen LogP contribution >= 0.6 is 11.6 Å². The molecule has 0 aliphatic carbocycles. The average molecular weight is 484 g/mol. The Morgan fingerprint density at radius 1 is 1.21 bits per heavy atom. The summed E-state index contributed by atoms with van der Waals surface area (Å²) in [5.74, 6) is -2.05. The Bertz CT molecular complexity index is 1490. The van der Waals surface area contributed by atoms with Gasteiger partial charge in [-0.05, 0) is 49.2 Å². The molecule has 4 aromatic rings. The van der Waals surface area contributed by atoms with E-state index in [-0.39, 0.29) is 28.5 Å². The van der Waals surface area contributed by atoms with Crippen LogP contribution in [0.2, 0.25) is 5.02 Å². The third kappa shape index (κ3) is 4.55. The van der Waals surface area contributed by atoms with Gasteiger partial charge in [-0.2, -0.15) is 0 Å². The van der Waals surface area contributed by atoms with E-state index in [1.54, 1.807) is 32.2 Å². The third-order valence-corrected chi connectivity index (χ3v) is 5.96. The second kappa shape index (κ2) is 9.11. The van der Waals surface area contributed by atoms with Gasteiger partial charge < -0.3 is 34.5 Å². The van der Waals surface area contributed by atoms with E-state index >= 15 is 0 Å². The van der Waals surface area contributed by atoms with Crippen molar-refractivity contribution in [3.05, 3.63) is 68.7 Å². The van der Waals surface area contributed by atoms with E-state index in [9.17, 15) is 24.6 Å². The minimum atomic E-state index is -1.47. The summed E-state index contributed by atoms with van der Waals surface area (Å²) >= 11 is 6.27. The first-order chi connectivity index (χ1) is 16.1. The summed E-state index contributed by atoms with van der Waals surface area (Å²) < 4.78 is 10.7. The molecule has 1 amide bonds. The third-order valence-electron chi connectivity index (χ3n) is 5.66. The molecule has 10 heteroatoms. The fraction of sp³-hybridized carbons (Fsp3) is 0.208. The number of H-pyrrole nitrogens is 1. The van der Waals surface area contributed by atoms with Crippen molar-refractivity contribution in [3.8, 4) is 11.5 Å². The van der Waals surface area contributed by atoms with E-state index in [2.05, 4.69) is 10.3 Å². The zero-order valence-electron chi connectivity index (χ0n) is 18.2. The number of aromatic amines is 1. The van der Waals surface area contributed by atoms with E-state index in [0.717, 1.165) is 5.56 Å². The van der Waals surface area contributed by atoms with Crippen LogP contribution in [0.15, 0.2) is 45.7 Å². The van der Waals surface area contributed by atoms with Crippen LogP contribution in [0.25, 0.3) is 21.9 Å². The molecule has 0 fully saturated rings. The summed E-state index contributed by atoms with van der Waals surface area (Å²) in [7, 11) is 0. The highest BCUT2D eigenvalue weighted by molar-refractivity contribution is 6.32. The number of rotatable bonds is 7. The number of carbonyl (C=O) groups is 2. The van der Waals surface area contributed by atoms with Crippen LogP contribution in [0.5, 0.6) is 11.5 Å². The fourth-order valence-corrected chi connectivity index (χ4v) is 3.90. The van der Waals surface area contributed by atoms with Crippen LogP contribution < -0.4 is 20.8 Å². The number of carboxylic acids is 1. The van der Waals surface area contributed by atoms with E-state index < -0.39 is 30.2 Å². The van der Waals surface area contributed by atoms with Crippen molar-refractivity contribution in [2.24, 2.45) is 0 Å².